The summed E-state index contributed by atoms with van der Waals surface area (Å²) in [5, 5.41) is 12.4. The molecule has 1 fully saturated rings. The van der Waals surface area contributed by atoms with Gasteiger partial charge in [0, 0.05) is 12.3 Å². The zero-order valence-corrected chi connectivity index (χ0v) is 18.4. The van der Waals surface area contributed by atoms with Gasteiger partial charge in [0.15, 0.2) is 23.0 Å². The molecule has 174 valence electrons. The van der Waals surface area contributed by atoms with Crippen LogP contribution in [0.25, 0.3) is 0 Å². The first kappa shape index (κ1) is 21.8. The zero-order valence-electron chi connectivity index (χ0n) is 18.4. The molecule has 2 aliphatic rings. The van der Waals surface area contributed by atoms with Crippen molar-refractivity contribution < 1.29 is 19.0 Å². The highest BCUT2D eigenvalue weighted by atomic mass is 19.1. The summed E-state index contributed by atoms with van der Waals surface area (Å²) in [6.45, 7) is 0.914. The Morgan fingerprint density at radius 2 is 1.76 bits per heavy atom. The quantitative estimate of drug-likeness (QED) is 0.546. The summed E-state index contributed by atoms with van der Waals surface area (Å²) in [6.07, 6.45) is 6.69. The Morgan fingerprint density at radius 1 is 1.03 bits per heavy atom. The minimum absolute atomic E-state index is 0.0445. The first-order valence-electron chi connectivity index (χ1n) is 11.1. The van der Waals surface area contributed by atoms with Crippen molar-refractivity contribution in [1.82, 2.24) is 9.58 Å². The topological polar surface area (TPSA) is 75.0 Å². The van der Waals surface area contributed by atoms with Crippen molar-refractivity contribution in [3.63, 3.8) is 0 Å². The van der Waals surface area contributed by atoms with Crippen molar-refractivity contribution in [2.75, 3.05) is 18.3 Å². The van der Waals surface area contributed by atoms with E-state index in [0.717, 1.165) is 18.4 Å². The molecule has 1 N–H and O–H groups in total. The van der Waals surface area contributed by atoms with E-state index < -0.39 is 28.4 Å². The predicted octanol–water partition coefficient (Wildman–Crippen LogP) is 3.41. The maximum Gasteiger partial charge on any atom is 0.278 e. The van der Waals surface area contributed by atoms with E-state index in [2.05, 4.69) is 0 Å². The van der Waals surface area contributed by atoms with Crippen molar-refractivity contribution in [1.29, 1.82) is 0 Å². The van der Waals surface area contributed by atoms with Crippen LogP contribution in [-0.4, -0.2) is 39.4 Å². The molecule has 1 amide bonds. The van der Waals surface area contributed by atoms with Gasteiger partial charge in [-0.1, -0.05) is 48.5 Å². The SMILES string of the molecule is O=C1c2c(O)c(=O)ccn2N(Cc2ccccc2)CN1C1(/C=C/COc2ccccc2F)CC1. The molecular weight excluding hydrogens is 437 g/mol. The fourth-order valence-electron chi connectivity index (χ4n) is 4.26. The first-order chi connectivity index (χ1) is 16.5. The number of carbonyl (C=O) groups is 1. The summed E-state index contributed by atoms with van der Waals surface area (Å²) in [7, 11) is 0. The van der Waals surface area contributed by atoms with Crippen LogP contribution in [0, 0.1) is 5.82 Å². The Kier molecular flexibility index (Phi) is 5.57. The Balaban J connectivity index is 1.41. The molecule has 5 rings (SSSR count). The number of aromatic hydroxyl groups is 1. The second kappa shape index (κ2) is 8.70. The van der Waals surface area contributed by atoms with E-state index in [1.807, 2.05) is 41.4 Å². The van der Waals surface area contributed by atoms with Gasteiger partial charge in [0.05, 0.1) is 12.1 Å². The van der Waals surface area contributed by atoms with Crippen LogP contribution in [0.4, 0.5) is 4.39 Å². The van der Waals surface area contributed by atoms with Crippen LogP contribution in [0.1, 0.15) is 28.9 Å². The Bertz CT molecular complexity index is 1300. The number of hydrogen-bond donors (Lipinski definition) is 1. The lowest BCUT2D eigenvalue weighted by atomic mass is 10.1. The molecule has 1 aromatic heterocycles. The zero-order chi connectivity index (χ0) is 23.7. The lowest BCUT2D eigenvalue weighted by Crippen LogP contribution is -2.57. The van der Waals surface area contributed by atoms with Crippen molar-refractivity contribution in [3.05, 3.63) is 106 Å². The standard InChI is InChI=1S/C26H24FN3O4/c27-20-9-4-5-10-22(20)34-16-6-12-26(13-14-26)29-18-28(17-19-7-2-1-3-8-19)30-15-11-21(31)24(32)23(30)25(29)33/h1-12,15,32H,13-14,16-18H2/b12-6+. The molecule has 3 aromatic rings. The Hall–Kier alpha value is -4.07. The number of carbonyl (C=O) groups excluding carboxylic acids is 1. The number of aromatic nitrogens is 1. The van der Waals surface area contributed by atoms with Crippen molar-refractivity contribution in [2.24, 2.45) is 0 Å². The molecule has 2 aromatic carbocycles. The molecule has 0 saturated heterocycles. The number of hydrogen-bond acceptors (Lipinski definition) is 5. The fraction of sp³-hybridized carbons (Fsp3) is 0.231. The van der Waals surface area contributed by atoms with E-state index in [1.54, 1.807) is 33.9 Å². The Morgan fingerprint density at radius 3 is 2.50 bits per heavy atom. The molecule has 0 radical (unpaired) electrons. The van der Waals surface area contributed by atoms with E-state index in [4.69, 9.17) is 4.74 Å². The van der Waals surface area contributed by atoms with Gasteiger partial charge in [-0.3, -0.25) is 19.3 Å². The Labute approximate surface area is 195 Å². The molecule has 8 heteroatoms. The summed E-state index contributed by atoms with van der Waals surface area (Å²) < 4.78 is 20.8. The molecule has 34 heavy (non-hydrogen) atoms. The highest BCUT2D eigenvalue weighted by Crippen LogP contribution is 2.45. The monoisotopic (exact) mass is 461 g/mol. The third-order valence-corrected chi connectivity index (χ3v) is 6.22. The fourth-order valence-corrected chi connectivity index (χ4v) is 4.26. The third-order valence-electron chi connectivity index (χ3n) is 6.22. The first-order valence-corrected chi connectivity index (χ1v) is 11.1. The van der Waals surface area contributed by atoms with E-state index in [9.17, 15) is 19.1 Å². The van der Waals surface area contributed by atoms with Crippen LogP contribution in [-0.2, 0) is 6.54 Å². The number of pyridine rings is 1. The van der Waals surface area contributed by atoms with Gasteiger partial charge >= 0.3 is 0 Å². The highest BCUT2D eigenvalue weighted by Gasteiger charge is 2.51. The van der Waals surface area contributed by atoms with Gasteiger partial charge in [-0.05, 0) is 36.6 Å². The minimum atomic E-state index is -0.597. The van der Waals surface area contributed by atoms with E-state index in [-0.39, 0.29) is 24.7 Å². The number of halogens is 1. The summed E-state index contributed by atoms with van der Waals surface area (Å²) in [4.78, 5) is 27.3. The second-order valence-corrected chi connectivity index (χ2v) is 8.49. The molecule has 0 spiro atoms. The van der Waals surface area contributed by atoms with Crippen molar-refractivity contribution in [3.8, 4) is 11.5 Å². The van der Waals surface area contributed by atoms with Crippen LogP contribution in [0.2, 0.25) is 0 Å². The van der Waals surface area contributed by atoms with Crippen LogP contribution in [0.5, 0.6) is 11.5 Å². The van der Waals surface area contributed by atoms with Gasteiger partial charge in [0.1, 0.15) is 13.3 Å². The average Bonchev–Trinajstić information content (AvgIpc) is 3.63. The maximum atomic E-state index is 13.8. The number of rotatable bonds is 7. The van der Waals surface area contributed by atoms with Crippen LogP contribution >= 0.6 is 0 Å². The van der Waals surface area contributed by atoms with Gasteiger partial charge in [0.2, 0.25) is 5.43 Å². The van der Waals surface area contributed by atoms with Gasteiger partial charge in [-0.2, -0.15) is 0 Å². The van der Waals surface area contributed by atoms with Crippen LogP contribution in [0.3, 0.4) is 0 Å². The molecule has 0 unspecified atom stereocenters. The molecule has 0 bridgehead atoms. The van der Waals surface area contributed by atoms with Crippen LogP contribution in [0.15, 0.2) is 83.8 Å². The van der Waals surface area contributed by atoms with E-state index in [1.165, 1.54) is 18.3 Å². The largest absolute Gasteiger partial charge is 0.502 e. The smallest absolute Gasteiger partial charge is 0.278 e. The normalized spacial score (nSPS) is 16.6. The summed E-state index contributed by atoms with van der Waals surface area (Å²) in [5.74, 6) is -1.23. The lowest BCUT2D eigenvalue weighted by molar-refractivity contribution is 0.0612. The minimum Gasteiger partial charge on any atom is -0.502 e. The van der Waals surface area contributed by atoms with E-state index >= 15 is 0 Å². The summed E-state index contributed by atoms with van der Waals surface area (Å²) in [6, 6.07) is 17.2. The second-order valence-electron chi connectivity index (χ2n) is 8.49. The summed E-state index contributed by atoms with van der Waals surface area (Å²) >= 11 is 0. The molecule has 1 aliphatic carbocycles. The molecule has 0 atom stereocenters. The molecular formula is C26H24FN3O4. The predicted molar refractivity (Wildman–Crippen MR) is 125 cm³/mol. The van der Waals surface area contributed by atoms with Gasteiger partial charge < -0.3 is 14.7 Å². The molecule has 7 nitrogen and oxygen atoms in total. The lowest BCUT2D eigenvalue weighted by Gasteiger charge is -2.42. The molecule has 2 heterocycles. The number of nitrogens with zero attached hydrogens (tertiary/aromatic N) is 3. The molecule has 1 saturated carbocycles. The number of fused-ring (bicyclic) bond motifs is 1. The van der Waals surface area contributed by atoms with Gasteiger partial charge in [-0.15, -0.1) is 0 Å². The van der Waals surface area contributed by atoms with E-state index in [0.29, 0.717) is 6.54 Å². The van der Waals surface area contributed by atoms with Crippen LogP contribution < -0.4 is 15.2 Å². The average molecular weight is 461 g/mol. The van der Waals surface area contributed by atoms with Crippen molar-refractivity contribution in [2.45, 2.75) is 24.9 Å². The highest BCUT2D eigenvalue weighted by molar-refractivity contribution is 5.97. The van der Waals surface area contributed by atoms with Gasteiger partial charge in [-0.25, -0.2) is 4.39 Å². The van der Waals surface area contributed by atoms with Gasteiger partial charge in [0.25, 0.3) is 5.91 Å². The van der Waals surface area contributed by atoms with Crippen molar-refractivity contribution >= 4 is 5.91 Å². The summed E-state index contributed by atoms with van der Waals surface area (Å²) in [5.41, 5.74) is -0.162. The maximum absolute atomic E-state index is 13.8. The third kappa shape index (κ3) is 4.03. The number of para-hydroxylation sites is 1. The number of ether oxygens (including phenoxy) is 1. The number of amides is 1. The number of benzene rings is 2. The molecule has 1 aliphatic heterocycles.